The molecule has 3 fully saturated rings. The van der Waals surface area contributed by atoms with Gasteiger partial charge in [-0.2, -0.15) is 0 Å². The van der Waals surface area contributed by atoms with Gasteiger partial charge in [0, 0.05) is 50.3 Å². The van der Waals surface area contributed by atoms with E-state index in [0.29, 0.717) is 12.1 Å². The van der Waals surface area contributed by atoms with E-state index in [2.05, 4.69) is 51.4 Å². The van der Waals surface area contributed by atoms with Crippen LogP contribution in [0.1, 0.15) is 11.6 Å². The summed E-state index contributed by atoms with van der Waals surface area (Å²) in [5.74, 6) is 0. The number of pyridine rings is 1. The topological polar surface area (TPSA) is 31.4 Å². The molecular formula is C17H22N4. The molecule has 2 unspecified atom stereocenters. The Labute approximate surface area is 125 Å². The number of hydrogen-bond acceptors (Lipinski definition) is 4. The maximum atomic E-state index is 4.63. The molecular weight excluding hydrogens is 260 g/mol. The van der Waals surface area contributed by atoms with E-state index in [4.69, 9.17) is 0 Å². The molecule has 2 atom stereocenters. The van der Waals surface area contributed by atoms with Crippen LogP contribution in [0.15, 0.2) is 36.5 Å². The number of hydrogen-bond donors (Lipinski definition) is 1. The standard InChI is InChI=1S/C17H22N4/c1-18-17(15-12-20-8-10-21(15)11-9-20)14-6-2-4-13-5-3-7-19-16(13)14/h2-7,15,17-18H,8-12H2,1H3. The number of para-hydroxylation sites is 1. The predicted octanol–water partition coefficient (Wildman–Crippen LogP) is 1.50. The van der Waals surface area contributed by atoms with Crippen LogP contribution in [0.4, 0.5) is 0 Å². The third-order valence-electron chi connectivity index (χ3n) is 5.02. The Morgan fingerprint density at radius 2 is 1.95 bits per heavy atom. The maximum absolute atomic E-state index is 4.63. The smallest absolute Gasteiger partial charge is 0.0750 e. The number of piperazine rings is 3. The molecule has 110 valence electrons. The van der Waals surface area contributed by atoms with Gasteiger partial charge in [0.25, 0.3) is 0 Å². The second kappa shape index (κ2) is 5.37. The van der Waals surface area contributed by atoms with Gasteiger partial charge in [0.15, 0.2) is 0 Å². The minimum atomic E-state index is 0.340. The fourth-order valence-electron chi connectivity index (χ4n) is 3.91. The van der Waals surface area contributed by atoms with Crippen LogP contribution in [0.3, 0.4) is 0 Å². The van der Waals surface area contributed by atoms with Crippen LogP contribution >= 0.6 is 0 Å². The van der Waals surface area contributed by atoms with E-state index in [9.17, 15) is 0 Å². The van der Waals surface area contributed by atoms with E-state index in [1.165, 1.54) is 37.1 Å². The van der Waals surface area contributed by atoms with E-state index in [1.807, 2.05) is 12.3 Å². The monoisotopic (exact) mass is 282 g/mol. The van der Waals surface area contributed by atoms with E-state index in [-0.39, 0.29) is 0 Å². The Morgan fingerprint density at radius 3 is 2.67 bits per heavy atom. The number of aromatic nitrogens is 1. The average molecular weight is 282 g/mol. The molecule has 1 aromatic carbocycles. The number of rotatable bonds is 3. The number of nitrogens with one attached hydrogen (secondary N) is 1. The van der Waals surface area contributed by atoms with Crippen molar-refractivity contribution in [2.75, 3.05) is 39.8 Å². The predicted molar refractivity (Wildman–Crippen MR) is 85.3 cm³/mol. The summed E-state index contributed by atoms with van der Waals surface area (Å²) in [4.78, 5) is 9.87. The zero-order valence-electron chi connectivity index (χ0n) is 12.5. The van der Waals surface area contributed by atoms with E-state index in [0.717, 1.165) is 12.1 Å². The molecule has 3 aliphatic rings. The van der Waals surface area contributed by atoms with Crippen molar-refractivity contribution < 1.29 is 0 Å². The normalized spacial score (nSPS) is 29.7. The molecule has 4 heteroatoms. The quantitative estimate of drug-likeness (QED) is 0.924. The van der Waals surface area contributed by atoms with Gasteiger partial charge >= 0.3 is 0 Å². The highest BCUT2D eigenvalue weighted by molar-refractivity contribution is 5.82. The van der Waals surface area contributed by atoms with Crippen LogP contribution in [0.25, 0.3) is 10.9 Å². The van der Waals surface area contributed by atoms with Gasteiger partial charge in [0.2, 0.25) is 0 Å². The number of likely N-dealkylation sites (N-methyl/N-ethyl adjacent to an activating group) is 1. The van der Waals surface area contributed by atoms with Gasteiger partial charge in [-0.05, 0) is 18.7 Å². The summed E-state index contributed by atoms with van der Waals surface area (Å²) >= 11 is 0. The van der Waals surface area contributed by atoms with Crippen LogP contribution in [0.5, 0.6) is 0 Å². The molecule has 0 saturated carbocycles. The summed E-state index contributed by atoms with van der Waals surface area (Å²) in [7, 11) is 2.07. The molecule has 0 spiro atoms. The fourth-order valence-corrected chi connectivity index (χ4v) is 3.91. The first-order valence-electron chi connectivity index (χ1n) is 7.84. The average Bonchev–Trinajstić information content (AvgIpc) is 2.57. The fraction of sp³-hybridized carbons (Fsp3) is 0.471. The molecule has 21 heavy (non-hydrogen) atoms. The van der Waals surface area contributed by atoms with Gasteiger partial charge in [-0.3, -0.25) is 14.8 Å². The van der Waals surface area contributed by atoms with Gasteiger partial charge in [-0.25, -0.2) is 0 Å². The van der Waals surface area contributed by atoms with Crippen molar-refractivity contribution in [2.45, 2.75) is 12.1 Å². The number of nitrogens with zero attached hydrogens (tertiary/aromatic N) is 3. The summed E-state index contributed by atoms with van der Waals surface area (Å²) in [5.41, 5.74) is 2.46. The van der Waals surface area contributed by atoms with Gasteiger partial charge in [-0.15, -0.1) is 0 Å². The van der Waals surface area contributed by atoms with Crippen molar-refractivity contribution in [2.24, 2.45) is 0 Å². The van der Waals surface area contributed by atoms with Crippen molar-refractivity contribution in [1.82, 2.24) is 20.1 Å². The molecule has 4 heterocycles. The molecule has 3 saturated heterocycles. The summed E-state index contributed by atoms with van der Waals surface area (Å²) in [6.07, 6.45) is 1.90. The second-order valence-electron chi connectivity index (χ2n) is 6.09. The third-order valence-corrected chi connectivity index (χ3v) is 5.02. The summed E-state index contributed by atoms with van der Waals surface area (Å²) in [6.45, 7) is 6.00. The molecule has 2 aromatic rings. The Bertz CT molecular complexity index is 628. The molecule has 1 N–H and O–H groups in total. The van der Waals surface area contributed by atoms with Crippen molar-refractivity contribution in [3.05, 3.63) is 42.1 Å². The molecule has 3 aliphatic heterocycles. The lowest BCUT2D eigenvalue weighted by molar-refractivity contribution is -0.00236. The summed E-state index contributed by atoms with van der Waals surface area (Å²) in [6, 6.07) is 11.6. The van der Waals surface area contributed by atoms with Gasteiger partial charge in [0.05, 0.1) is 11.6 Å². The van der Waals surface area contributed by atoms with Crippen molar-refractivity contribution in [1.29, 1.82) is 0 Å². The van der Waals surface area contributed by atoms with Crippen LogP contribution in [-0.2, 0) is 0 Å². The highest BCUT2D eigenvalue weighted by atomic mass is 15.4. The number of benzene rings is 1. The van der Waals surface area contributed by atoms with Crippen molar-refractivity contribution in [3.8, 4) is 0 Å². The van der Waals surface area contributed by atoms with Gasteiger partial charge in [0.1, 0.15) is 0 Å². The third kappa shape index (κ3) is 2.24. The first-order valence-corrected chi connectivity index (χ1v) is 7.84. The van der Waals surface area contributed by atoms with Crippen LogP contribution in [0.2, 0.25) is 0 Å². The van der Waals surface area contributed by atoms with Crippen LogP contribution in [0, 0.1) is 0 Å². The van der Waals surface area contributed by atoms with E-state index in [1.54, 1.807) is 0 Å². The maximum Gasteiger partial charge on any atom is 0.0750 e. The summed E-state index contributed by atoms with van der Waals surface area (Å²) in [5, 5.41) is 4.78. The largest absolute Gasteiger partial charge is 0.312 e. The van der Waals surface area contributed by atoms with Gasteiger partial charge in [-0.1, -0.05) is 24.3 Å². The minimum Gasteiger partial charge on any atom is -0.312 e. The zero-order chi connectivity index (χ0) is 14.2. The second-order valence-corrected chi connectivity index (χ2v) is 6.09. The molecule has 0 amide bonds. The lowest BCUT2D eigenvalue weighted by Crippen LogP contribution is -2.63. The number of fused-ring (bicyclic) bond motifs is 4. The zero-order valence-corrected chi connectivity index (χ0v) is 12.5. The Hall–Kier alpha value is -1.49. The first kappa shape index (κ1) is 13.2. The molecule has 4 nitrogen and oxygen atoms in total. The van der Waals surface area contributed by atoms with Crippen molar-refractivity contribution >= 4 is 10.9 Å². The lowest BCUT2D eigenvalue weighted by Gasteiger charge is -2.50. The molecule has 5 rings (SSSR count). The van der Waals surface area contributed by atoms with E-state index >= 15 is 0 Å². The van der Waals surface area contributed by atoms with Crippen LogP contribution in [-0.4, -0.2) is 60.6 Å². The first-order chi connectivity index (χ1) is 10.4. The Morgan fingerprint density at radius 1 is 1.14 bits per heavy atom. The highest BCUT2D eigenvalue weighted by Gasteiger charge is 2.37. The highest BCUT2D eigenvalue weighted by Crippen LogP contribution is 2.30. The molecule has 0 aliphatic carbocycles. The SMILES string of the molecule is CNC(c1cccc2cccnc12)C1CN2CCN1CC2. The van der Waals surface area contributed by atoms with Crippen molar-refractivity contribution in [3.63, 3.8) is 0 Å². The van der Waals surface area contributed by atoms with E-state index < -0.39 is 0 Å². The minimum absolute atomic E-state index is 0.340. The van der Waals surface area contributed by atoms with Crippen LogP contribution < -0.4 is 5.32 Å². The lowest BCUT2D eigenvalue weighted by atomic mass is 9.92. The Balaban J connectivity index is 1.75. The Kier molecular flexibility index (Phi) is 3.37. The molecule has 2 bridgehead atoms. The molecule has 0 radical (unpaired) electrons. The van der Waals surface area contributed by atoms with Gasteiger partial charge < -0.3 is 5.32 Å². The molecule has 1 aromatic heterocycles. The summed E-state index contributed by atoms with van der Waals surface area (Å²) < 4.78 is 0.